The molecule has 0 atom stereocenters. The van der Waals surface area contributed by atoms with E-state index in [2.05, 4.69) is 5.10 Å². The van der Waals surface area contributed by atoms with E-state index in [1.807, 2.05) is 13.8 Å². The topological polar surface area (TPSA) is 75.4 Å². The van der Waals surface area contributed by atoms with Gasteiger partial charge in [-0.25, -0.2) is 0 Å². The summed E-state index contributed by atoms with van der Waals surface area (Å²) in [5.74, 6) is -0.789. The lowest BCUT2D eigenvalue weighted by Gasteiger charge is -2.23. The van der Waals surface area contributed by atoms with Gasteiger partial charge in [0.2, 0.25) is 0 Å². The number of aromatic nitrogens is 2. The lowest BCUT2D eigenvalue weighted by Crippen LogP contribution is -2.37. The number of aryl methyl sites for hydroxylation is 1. The quantitative estimate of drug-likeness (QED) is 0.820. The van der Waals surface area contributed by atoms with Gasteiger partial charge in [-0.1, -0.05) is 13.8 Å². The highest BCUT2D eigenvalue weighted by Crippen LogP contribution is 2.07. The average molecular weight is 253 g/mol. The molecule has 0 spiro atoms. The van der Waals surface area contributed by atoms with Crippen LogP contribution < -0.4 is 0 Å². The summed E-state index contributed by atoms with van der Waals surface area (Å²) in [4.78, 5) is 24.4. The van der Waals surface area contributed by atoms with Gasteiger partial charge in [-0.15, -0.1) is 0 Å². The minimum atomic E-state index is -0.901. The highest BCUT2D eigenvalue weighted by Gasteiger charge is 2.20. The molecule has 0 saturated carbocycles. The van der Waals surface area contributed by atoms with Crippen LogP contribution in [0.4, 0.5) is 0 Å². The molecule has 0 unspecified atom stereocenters. The number of carbonyl (C=O) groups excluding carboxylic acids is 1. The van der Waals surface area contributed by atoms with E-state index in [4.69, 9.17) is 5.11 Å². The second kappa shape index (κ2) is 6.18. The van der Waals surface area contributed by atoms with E-state index in [-0.39, 0.29) is 24.8 Å². The van der Waals surface area contributed by atoms with Gasteiger partial charge in [0.25, 0.3) is 5.91 Å². The largest absolute Gasteiger partial charge is 0.481 e. The zero-order chi connectivity index (χ0) is 13.7. The summed E-state index contributed by atoms with van der Waals surface area (Å²) in [5.41, 5.74) is 0.473. The first-order valence-electron chi connectivity index (χ1n) is 5.91. The van der Waals surface area contributed by atoms with Gasteiger partial charge < -0.3 is 10.0 Å². The summed E-state index contributed by atoms with van der Waals surface area (Å²) in [5, 5.41) is 12.7. The van der Waals surface area contributed by atoms with Crippen LogP contribution in [0.15, 0.2) is 12.3 Å². The second-order valence-corrected chi connectivity index (χ2v) is 4.63. The maximum absolute atomic E-state index is 12.2. The first-order chi connectivity index (χ1) is 8.41. The van der Waals surface area contributed by atoms with Gasteiger partial charge in [0.15, 0.2) is 0 Å². The van der Waals surface area contributed by atoms with Crippen molar-refractivity contribution >= 4 is 11.9 Å². The molecule has 0 aliphatic rings. The van der Waals surface area contributed by atoms with Crippen LogP contribution in [0.5, 0.6) is 0 Å². The molecule has 1 rings (SSSR count). The van der Waals surface area contributed by atoms with E-state index in [0.717, 1.165) is 0 Å². The summed E-state index contributed by atoms with van der Waals surface area (Å²) in [7, 11) is 1.69. The van der Waals surface area contributed by atoms with Crippen LogP contribution in [0, 0.1) is 5.92 Å². The van der Waals surface area contributed by atoms with Crippen molar-refractivity contribution in [3.63, 3.8) is 0 Å². The number of carboxylic acid groups (broad SMARTS) is 1. The van der Waals surface area contributed by atoms with Gasteiger partial charge in [-0.05, 0) is 12.0 Å². The molecule has 1 heterocycles. The number of hydrogen-bond acceptors (Lipinski definition) is 3. The fourth-order valence-corrected chi connectivity index (χ4v) is 1.69. The van der Waals surface area contributed by atoms with E-state index < -0.39 is 5.97 Å². The van der Waals surface area contributed by atoms with Gasteiger partial charge in [0.05, 0.1) is 6.42 Å². The van der Waals surface area contributed by atoms with Gasteiger partial charge in [-0.2, -0.15) is 5.10 Å². The van der Waals surface area contributed by atoms with Crippen molar-refractivity contribution in [2.45, 2.75) is 20.3 Å². The number of hydrogen-bond donors (Lipinski definition) is 1. The van der Waals surface area contributed by atoms with Gasteiger partial charge >= 0.3 is 5.97 Å². The van der Waals surface area contributed by atoms with Crippen LogP contribution in [0.25, 0.3) is 0 Å². The Kier molecular flexibility index (Phi) is 4.88. The number of aliphatic carboxylic acids is 1. The van der Waals surface area contributed by atoms with Gasteiger partial charge in [-0.3, -0.25) is 14.3 Å². The maximum Gasteiger partial charge on any atom is 0.305 e. The average Bonchev–Trinajstić information content (AvgIpc) is 2.69. The molecule has 0 saturated heterocycles. The van der Waals surface area contributed by atoms with Crippen molar-refractivity contribution in [2.75, 3.05) is 13.1 Å². The first-order valence-corrected chi connectivity index (χ1v) is 5.91. The molecule has 1 N–H and O–H groups in total. The standard InChI is InChI=1S/C12H19N3O3/c1-9(2)8-15(7-5-11(16)17)12(18)10-4-6-13-14(10)3/h4,6,9H,5,7-8H2,1-3H3,(H,16,17). The summed E-state index contributed by atoms with van der Waals surface area (Å²) < 4.78 is 1.50. The molecule has 0 aliphatic heterocycles. The molecule has 1 aromatic heterocycles. The predicted octanol–water partition coefficient (Wildman–Crippen LogP) is 0.993. The zero-order valence-electron chi connectivity index (χ0n) is 11.0. The monoisotopic (exact) mass is 253 g/mol. The SMILES string of the molecule is CC(C)CN(CCC(=O)O)C(=O)c1ccnn1C. The Morgan fingerprint density at radius 3 is 2.61 bits per heavy atom. The predicted molar refractivity (Wildman–Crippen MR) is 66.2 cm³/mol. The molecule has 6 nitrogen and oxygen atoms in total. The van der Waals surface area contributed by atoms with Crippen LogP contribution in [-0.2, 0) is 11.8 Å². The van der Waals surface area contributed by atoms with Crippen molar-refractivity contribution in [3.05, 3.63) is 18.0 Å². The molecule has 1 aromatic rings. The van der Waals surface area contributed by atoms with E-state index in [1.54, 1.807) is 24.2 Å². The first kappa shape index (κ1) is 14.2. The number of nitrogens with zero attached hydrogens (tertiary/aromatic N) is 3. The van der Waals surface area contributed by atoms with Gasteiger partial charge in [0.1, 0.15) is 5.69 Å². The van der Waals surface area contributed by atoms with E-state index in [0.29, 0.717) is 12.2 Å². The third-order valence-electron chi connectivity index (χ3n) is 2.51. The second-order valence-electron chi connectivity index (χ2n) is 4.63. The van der Waals surface area contributed by atoms with Crippen molar-refractivity contribution < 1.29 is 14.7 Å². The Balaban J connectivity index is 2.78. The Morgan fingerprint density at radius 2 is 2.17 bits per heavy atom. The van der Waals surface area contributed by atoms with Crippen LogP contribution in [0.2, 0.25) is 0 Å². The third kappa shape index (κ3) is 3.87. The van der Waals surface area contributed by atoms with Crippen molar-refractivity contribution in [3.8, 4) is 0 Å². The van der Waals surface area contributed by atoms with Crippen LogP contribution in [0.3, 0.4) is 0 Å². The smallest absolute Gasteiger partial charge is 0.305 e. The fraction of sp³-hybridized carbons (Fsp3) is 0.583. The molecule has 0 radical (unpaired) electrons. The minimum absolute atomic E-state index is 0.0453. The molecule has 0 aliphatic carbocycles. The molecule has 100 valence electrons. The number of rotatable bonds is 6. The maximum atomic E-state index is 12.2. The van der Waals surface area contributed by atoms with Crippen molar-refractivity contribution in [2.24, 2.45) is 13.0 Å². The molecular weight excluding hydrogens is 234 g/mol. The molecular formula is C12H19N3O3. The van der Waals surface area contributed by atoms with Crippen LogP contribution in [0.1, 0.15) is 30.8 Å². The summed E-state index contributed by atoms with van der Waals surface area (Å²) in [6, 6.07) is 1.64. The Labute approximate surface area is 106 Å². The molecule has 18 heavy (non-hydrogen) atoms. The molecule has 1 amide bonds. The van der Waals surface area contributed by atoms with E-state index in [9.17, 15) is 9.59 Å². The Hall–Kier alpha value is -1.85. The summed E-state index contributed by atoms with van der Waals surface area (Å²) >= 11 is 0. The number of carbonyl (C=O) groups is 2. The van der Waals surface area contributed by atoms with Crippen LogP contribution in [-0.4, -0.2) is 44.8 Å². The van der Waals surface area contributed by atoms with E-state index >= 15 is 0 Å². The third-order valence-corrected chi connectivity index (χ3v) is 2.51. The molecule has 0 aromatic carbocycles. The lowest BCUT2D eigenvalue weighted by molar-refractivity contribution is -0.137. The molecule has 0 bridgehead atoms. The Morgan fingerprint density at radius 1 is 1.50 bits per heavy atom. The van der Waals surface area contributed by atoms with Crippen molar-refractivity contribution in [1.82, 2.24) is 14.7 Å². The van der Waals surface area contributed by atoms with E-state index in [1.165, 1.54) is 4.68 Å². The highest BCUT2D eigenvalue weighted by molar-refractivity contribution is 5.92. The normalized spacial score (nSPS) is 10.7. The highest BCUT2D eigenvalue weighted by atomic mass is 16.4. The molecule has 6 heteroatoms. The fourth-order valence-electron chi connectivity index (χ4n) is 1.69. The van der Waals surface area contributed by atoms with Crippen molar-refractivity contribution in [1.29, 1.82) is 0 Å². The Bertz CT molecular complexity index is 426. The minimum Gasteiger partial charge on any atom is -0.481 e. The summed E-state index contributed by atoms with van der Waals surface area (Å²) in [6.45, 7) is 4.74. The summed E-state index contributed by atoms with van der Waals surface area (Å²) in [6.07, 6.45) is 1.51. The number of carboxylic acids is 1. The lowest BCUT2D eigenvalue weighted by atomic mass is 10.2. The zero-order valence-corrected chi connectivity index (χ0v) is 11.0. The number of amides is 1. The van der Waals surface area contributed by atoms with Crippen LogP contribution >= 0.6 is 0 Å². The molecule has 0 fully saturated rings. The van der Waals surface area contributed by atoms with Gasteiger partial charge in [0, 0.05) is 26.3 Å².